The van der Waals surface area contributed by atoms with Gasteiger partial charge >= 0.3 is 0 Å². The largest absolute Gasteiger partial charge is 0.481 e. The molecule has 0 spiro atoms. The summed E-state index contributed by atoms with van der Waals surface area (Å²) in [5.41, 5.74) is 0.811. The minimum Gasteiger partial charge on any atom is -0.481 e. The van der Waals surface area contributed by atoms with Crippen molar-refractivity contribution in [3.8, 4) is 11.8 Å². The Morgan fingerprint density at radius 1 is 0.680 bits per heavy atom. The summed E-state index contributed by atoms with van der Waals surface area (Å²) in [6, 6.07) is 16.6. The fourth-order valence-electron chi connectivity index (χ4n) is 2.73. The van der Waals surface area contributed by atoms with Gasteiger partial charge in [0.05, 0.1) is 31.3 Å². The van der Waals surface area contributed by atoms with Gasteiger partial charge in [-0.1, -0.05) is 18.2 Å². The third-order valence-electron chi connectivity index (χ3n) is 3.92. The van der Waals surface area contributed by atoms with E-state index in [0.717, 1.165) is 0 Å². The highest BCUT2D eigenvalue weighted by Crippen LogP contribution is 2.38. The molecular formula is C19H19N3O3. The van der Waals surface area contributed by atoms with Crippen molar-refractivity contribution in [1.29, 1.82) is 0 Å². The Hall–Kier alpha value is -2.99. The van der Waals surface area contributed by atoms with Crippen molar-refractivity contribution in [3.63, 3.8) is 0 Å². The van der Waals surface area contributed by atoms with Crippen molar-refractivity contribution < 1.29 is 14.2 Å². The summed E-state index contributed by atoms with van der Waals surface area (Å²) in [5.74, 6) is 0.968. The maximum atomic E-state index is 6.00. The zero-order valence-electron chi connectivity index (χ0n) is 14.3. The van der Waals surface area contributed by atoms with Crippen molar-refractivity contribution in [2.24, 2.45) is 0 Å². The summed E-state index contributed by atoms with van der Waals surface area (Å²) in [7, 11) is 4.76. The Morgan fingerprint density at radius 3 is 1.68 bits per heavy atom. The van der Waals surface area contributed by atoms with Crippen LogP contribution in [0.2, 0.25) is 0 Å². The highest BCUT2D eigenvalue weighted by atomic mass is 16.5. The van der Waals surface area contributed by atoms with E-state index in [-0.39, 0.29) is 0 Å². The van der Waals surface area contributed by atoms with Gasteiger partial charge in [-0.25, -0.2) is 9.97 Å². The average molecular weight is 337 g/mol. The Kier molecular flexibility index (Phi) is 4.90. The molecule has 25 heavy (non-hydrogen) atoms. The van der Waals surface area contributed by atoms with Crippen LogP contribution < -0.4 is 9.47 Å². The topological polar surface area (TPSA) is 66.4 Å². The van der Waals surface area contributed by atoms with Gasteiger partial charge in [0.2, 0.25) is 11.8 Å². The second-order valence-corrected chi connectivity index (χ2v) is 5.23. The summed E-state index contributed by atoms with van der Waals surface area (Å²) >= 11 is 0. The minimum absolute atomic E-state index is 0.484. The van der Waals surface area contributed by atoms with Gasteiger partial charge in [0.15, 0.2) is 5.60 Å². The second kappa shape index (κ2) is 7.27. The van der Waals surface area contributed by atoms with E-state index in [0.29, 0.717) is 28.8 Å². The van der Waals surface area contributed by atoms with Crippen molar-refractivity contribution in [3.05, 3.63) is 77.9 Å². The van der Waals surface area contributed by atoms with Crippen LogP contribution in [0.5, 0.6) is 11.8 Å². The molecule has 0 amide bonds. The van der Waals surface area contributed by atoms with Crippen LogP contribution in [0.15, 0.2) is 60.8 Å². The van der Waals surface area contributed by atoms with Gasteiger partial charge in [0.1, 0.15) is 0 Å². The number of nitrogens with zero attached hydrogens (tertiary/aromatic N) is 3. The van der Waals surface area contributed by atoms with Crippen LogP contribution in [0, 0.1) is 0 Å². The van der Waals surface area contributed by atoms with E-state index in [1.54, 1.807) is 39.7 Å². The van der Waals surface area contributed by atoms with Crippen LogP contribution in [-0.2, 0) is 10.3 Å². The third kappa shape index (κ3) is 3.04. The maximum absolute atomic E-state index is 6.00. The van der Waals surface area contributed by atoms with E-state index in [1.165, 1.54) is 0 Å². The number of pyridine rings is 3. The molecule has 0 saturated heterocycles. The molecule has 0 bridgehead atoms. The number of aromatic nitrogens is 3. The van der Waals surface area contributed by atoms with Crippen LogP contribution >= 0.6 is 0 Å². The first-order chi connectivity index (χ1) is 12.2. The molecule has 0 N–H and O–H groups in total. The van der Waals surface area contributed by atoms with E-state index in [9.17, 15) is 0 Å². The van der Waals surface area contributed by atoms with Crippen molar-refractivity contribution in [2.75, 3.05) is 21.3 Å². The van der Waals surface area contributed by atoms with Crippen LogP contribution in [0.1, 0.15) is 17.1 Å². The molecule has 0 fully saturated rings. The monoisotopic (exact) mass is 337 g/mol. The first-order valence-corrected chi connectivity index (χ1v) is 7.74. The lowest BCUT2D eigenvalue weighted by molar-refractivity contribution is 0.0465. The van der Waals surface area contributed by atoms with E-state index >= 15 is 0 Å². The second-order valence-electron chi connectivity index (χ2n) is 5.23. The predicted octanol–water partition coefficient (Wildman–Crippen LogP) is 2.83. The number of rotatable bonds is 6. The molecule has 6 heteroatoms. The summed E-state index contributed by atoms with van der Waals surface area (Å²) in [6.07, 6.45) is 1.71. The number of hydrogen-bond donors (Lipinski definition) is 0. The molecule has 3 aromatic rings. The molecule has 0 aliphatic rings. The maximum Gasteiger partial charge on any atom is 0.213 e. The van der Waals surface area contributed by atoms with Crippen LogP contribution in [0.3, 0.4) is 0 Å². The van der Waals surface area contributed by atoms with E-state index in [1.807, 2.05) is 42.5 Å². The molecule has 0 aromatic carbocycles. The van der Waals surface area contributed by atoms with E-state index in [2.05, 4.69) is 15.0 Å². The number of methoxy groups -OCH3 is 3. The molecular weight excluding hydrogens is 318 g/mol. The van der Waals surface area contributed by atoms with Crippen LogP contribution in [0.4, 0.5) is 0 Å². The molecule has 128 valence electrons. The van der Waals surface area contributed by atoms with Gasteiger partial charge in [0, 0.05) is 25.4 Å². The summed E-state index contributed by atoms with van der Waals surface area (Å²) in [4.78, 5) is 13.6. The SMILES string of the molecule is COc1cccc(C(OC)(c2ccccn2)c2cccc(OC)n2)n1. The zero-order chi connectivity index (χ0) is 17.7. The standard InChI is InChI=1S/C19H19N3O3/c1-23-17-11-6-9-15(21-17)19(25-3,14-8-4-5-13-20-14)16-10-7-12-18(22-16)24-2/h4-13H,1-3H3. The highest BCUT2D eigenvalue weighted by Gasteiger charge is 2.41. The van der Waals surface area contributed by atoms with Crippen molar-refractivity contribution >= 4 is 0 Å². The summed E-state index contributed by atoms with van der Waals surface area (Å²) in [5, 5.41) is 0. The molecule has 0 aliphatic heterocycles. The van der Waals surface area contributed by atoms with Crippen molar-refractivity contribution in [1.82, 2.24) is 15.0 Å². The van der Waals surface area contributed by atoms with E-state index < -0.39 is 5.60 Å². The molecule has 0 unspecified atom stereocenters. The Labute approximate surface area is 146 Å². The van der Waals surface area contributed by atoms with Gasteiger partial charge < -0.3 is 14.2 Å². The predicted molar refractivity (Wildman–Crippen MR) is 92.7 cm³/mol. The highest BCUT2D eigenvalue weighted by molar-refractivity contribution is 5.41. The first kappa shape index (κ1) is 16.9. The van der Waals surface area contributed by atoms with E-state index in [4.69, 9.17) is 14.2 Å². The molecule has 0 radical (unpaired) electrons. The first-order valence-electron chi connectivity index (χ1n) is 7.74. The molecule has 3 aromatic heterocycles. The quantitative estimate of drug-likeness (QED) is 0.689. The Bertz CT molecular complexity index is 793. The van der Waals surface area contributed by atoms with Gasteiger partial charge in [-0.05, 0) is 24.3 Å². The molecule has 0 aliphatic carbocycles. The normalized spacial score (nSPS) is 11.2. The smallest absolute Gasteiger partial charge is 0.213 e. The Morgan fingerprint density at radius 2 is 1.24 bits per heavy atom. The fourth-order valence-corrected chi connectivity index (χ4v) is 2.73. The molecule has 3 rings (SSSR count). The fraction of sp³-hybridized carbons (Fsp3) is 0.211. The van der Waals surface area contributed by atoms with Gasteiger partial charge in [0.25, 0.3) is 0 Å². The van der Waals surface area contributed by atoms with Crippen molar-refractivity contribution in [2.45, 2.75) is 5.60 Å². The average Bonchev–Trinajstić information content (AvgIpc) is 2.70. The lowest BCUT2D eigenvalue weighted by Crippen LogP contribution is -2.34. The molecule has 0 saturated carbocycles. The van der Waals surface area contributed by atoms with Crippen LogP contribution in [-0.4, -0.2) is 36.3 Å². The lowest BCUT2D eigenvalue weighted by atomic mass is 9.89. The summed E-state index contributed by atoms with van der Waals surface area (Å²) < 4.78 is 16.6. The Balaban J connectivity index is 2.30. The zero-order valence-corrected chi connectivity index (χ0v) is 14.3. The third-order valence-corrected chi connectivity index (χ3v) is 3.92. The number of hydrogen-bond acceptors (Lipinski definition) is 6. The molecule has 3 heterocycles. The number of ether oxygens (including phenoxy) is 3. The van der Waals surface area contributed by atoms with Gasteiger partial charge in [-0.15, -0.1) is 0 Å². The van der Waals surface area contributed by atoms with Gasteiger partial charge in [-0.3, -0.25) is 4.98 Å². The lowest BCUT2D eigenvalue weighted by Gasteiger charge is -2.31. The van der Waals surface area contributed by atoms with Crippen LogP contribution in [0.25, 0.3) is 0 Å². The summed E-state index contributed by atoms with van der Waals surface area (Å²) in [6.45, 7) is 0. The van der Waals surface area contributed by atoms with Gasteiger partial charge in [-0.2, -0.15) is 0 Å². The molecule has 0 atom stereocenters. The minimum atomic E-state index is -1.09. The molecule has 6 nitrogen and oxygen atoms in total.